The molecule has 94 valence electrons. The molecule has 1 aromatic rings. The first kappa shape index (κ1) is 14.0. The summed E-state index contributed by atoms with van der Waals surface area (Å²) in [4.78, 5) is 14.3. The Bertz CT molecular complexity index is 395. The van der Waals surface area contributed by atoms with E-state index in [1.165, 1.54) is 0 Å². The molecule has 0 saturated carbocycles. The van der Waals surface area contributed by atoms with E-state index in [9.17, 15) is 4.79 Å². The summed E-state index contributed by atoms with van der Waals surface area (Å²) in [5.41, 5.74) is 1.88. The van der Waals surface area contributed by atoms with Gasteiger partial charge in [0, 0.05) is 31.2 Å². The normalized spacial score (nSPS) is 19.6. The maximum atomic E-state index is 12.3. The quantitative estimate of drug-likeness (QED) is 0.830. The molecule has 0 aliphatic carbocycles. The van der Waals surface area contributed by atoms with Crippen LogP contribution in [0.15, 0.2) is 24.3 Å². The van der Waals surface area contributed by atoms with Crippen LogP contribution in [-0.2, 0) is 0 Å². The zero-order valence-electron chi connectivity index (χ0n) is 10.3. The molecule has 2 rings (SSSR count). The fraction of sp³-hybridized carbons (Fsp3) is 0.462. The molecule has 0 aromatic heterocycles. The lowest BCUT2D eigenvalue weighted by Gasteiger charge is -2.34. The van der Waals surface area contributed by atoms with E-state index in [1.54, 1.807) is 0 Å². The van der Waals surface area contributed by atoms with Crippen molar-refractivity contribution in [1.29, 1.82) is 0 Å². The van der Waals surface area contributed by atoms with Gasteiger partial charge in [-0.05, 0) is 25.5 Å². The molecule has 1 aliphatic rings. The van der Waals surface area contributed by atoms with Crippen molar-refractivity contribution in [3.8, 4) is 0 Å². The van der Waals surface area contributed by atoms with Crippen molar-refractivity contribution in [2.24, 2.45) is 0 Å². The Balaban J connectivity index is 0.00000144. The Kier molecular flexibility index (Phi) is 4.97. The first-order valence-electron chi connectivity index (χ1n) is 5.77. The number of carbonyl (C=O) groups is 1. The molecule has 1 saturated heterocycles. The van der Waals surface area contributed by atoms with Crippen LogP contribution >= 0.6 is 12.4 Å². The third-order valence-electron chi connectivity index (χ3n) is 3.14. The van der Waals surface area contributed by atoms with Crippen LogP contribution in [0.1, 0.15) is 22.8 Å². The summed E-state index contributed by atoms with van der Waals surface area (Å²) in [5, 5.41) is 3.29. The number of rotatable bonds is 1. The molecular weight excluding hydrogens is 236 g/mol. The molecule has 0 bridgehead atoms. The Hall–Kier alpha value is -1.06. The van der Waals surface area contributed by atoms with E-state index < -0.39 is 0 Å². The van der Waals surface area contributed by atoms with E-state index in [0.29, 0.717) is 0 Å². The van der Waals surface area contributed by atoms with Gasteiger partial charge < -0.3 is 10.2 Å². The Morgan fingerprint density at radius 1 is 1.41 bits per heavy atom. The highest BCUT2D eigenvalue weighted by Gasteiger charge is 2.24. The summed E-state index contributed by atoms with van der Waals surface area (Å²) in [6, 6.07) is 8.06. The van der Waals surface area contributed by atoms with E-state index in [-0.39, 0.29) is 24.4 Å². The zero-order chi connectivity index (χ0) is 11.5. The van der Waals surface area contributed by atoms with Crippen LogP contribution in [0.2, 0.25) is 0 Å². The Labute approximate surface area is 109 Å². The van der Waals surface area contributed by atoms with Crippen LogP contribution in [0.3, 0.4) is 0 Å². The number of carbonyl (C=O) groups excluding carboxylic acids is 1. The number of piperazine rings is 1. The number of hydrogen-bond donors (Lipinski definition) is 1. The lowest BCUT2D eigenvalue weighted by atomic mass is 10.1. The number of nitrogens with one attached hydrogen (secondary N) is 1. The van der Waals surface area contributed by atoms with Crippen LogP contribution in [0.5, 0.6) is 0 Å². The highest BCUT2D eigenvalue weighted by Crippen LogP contribution is 2.13. The van der Waals surface area contributed by atoms with Gasteiger partial charge in [0.15, 0.2) is 0 Å². The van der Waals surface area contributed by atoms with Crippen molar-refractivity contribution in [1.82, 2.24) is 10.2 Å². The summed E-state index contributed by atoms with van der Waals surface area (Å²) in [5.74, 6) is 0.159. The molecule has 3 nitrogen and oxygen atoms in total. The lowest BCUT2D eigenvalue weighted by molar-refractivity contribution is 0.0655. The standard InChI is InChI=1S/C13H18N2O.ClH/c1-10-5-3-4-6-12(10)13(16)15-8-7-14-9-11(15)2;/h3-6,11,14H,7-9H2,1-2H3;1H/t11-;/m0./s1. The van der Waals surface area contributed by atoms with Crippen molar-refractivity contribution < 1.29 is 4.79 Å². The van der Waals surface area contributed by atoms with Gasteiger partial charge in [-0.2, -0.15) is 0 Å². The van der Waals surface area contributed by atoms with Gasteiger partial charge in [0.05, 0.1) is 0 Å². The monoisotopic (exact) mass is 254 g/mol. The highest BCUT2D eigenvalue weighted by molar-refractivity contribution is 5.95. The molecule has 1 N–H and O–H groups in total. The summed E-state index contributed by atoms with van der Waals surface area (Å²) in [6.45, 7) is 6.65. The molecule has 0 unspecified atom stereocenters. The van der Waals surface area contributed by atoms with Crippen molar-refractivity contribution in [2.45, 2.75) is 19.9 Å². The SMILES string of the molecule is Cc1ccccc1C(=O)N1CCNC[C@@H]1C.Cl. The van der Waals surface area contributed by atoms with Crippen molar-refractivity contribution in [3.63, 3.8) is 0 Å². The second kappa shape index (κ2) is 6.03. The van der Waals surface area contributed by atoms with E-state index in [1.807, 2.05) is 36.1 Å². The Morgan fingerprint density at radius 2 is 2.12 bits per heavy atom. The first-order chi connectivity index (χ1) is 7.70. The van der Waals surface area contributed by atoms with Crippen LogP contribution < -0.4 is 5.32 Å². The number of halogens is 1. The van der Waals surface area contributed by atoms with Gasteiger partial charge in [-0.25, -0.2) is 0 Å². The second-order valence-corrected chi connectivity index (χ2v) is 4.37. The largest absolute Gasteiger partial charge is 0.333 e. The summed E-state index contributed by atoms with van der Waals surface area (Å²) in [7, 11) is 0. The predicted molar refractivity (Wildman–Crippen MR) is 71.8 cm³/mol. The van der Waals surface area contributed by atoms with E-state index in [2.05, 4.69) is 12.2 Å². The molecule has 1 atom stereocenters. The maximum Gasteiger partial charge on any atom is 0.254 e. The molecule has 17 heavy (non-hydrogen) atoms. The summed E-state index contributed by atoms with van der Waals surface area (Å²) in [6.07, 6.45) is 0. The van der Waals surface area contributed by atoms with Crippen molar-refractivity contribution >= 4 is 18.3 Å². The van der Waals surface area contributed by atoms with Gasteiger partial charge >= 0.3 is 0 Å². The van der Waals surface area contributed by atoms with E-state index in [4.69, 9.17) is 0 Å². The Morgan fingerprint density at radius 3 is 2.76 bits per heavy atom. The van der Waals surface area contributed by atoms with Gasteiger partial charge in [0.2, 0.25) is 0 Å². The molecule has 1 amide bonds. The molecule has 1 fully saturated rings. The number of hydrogen-bond acceptors (Lipinski definition) is 2. The van der Waals surface area contributed by atoms with Crippen molar-refractivity contribution in [2.75, 3.05) is 19.6 Å². The summed E-state index contributed by atoms with van der Waals surface area (Å²) < 4.78 is 0. The minimum absolute atomic E-state index is 0. The lowest BCUT2D eigenvalue weighted by Crippen LogP contribution is -2.52. The minimum atomic E-state index is 0. The zero-order valence-corrected chi connectivity index (χ0v) is 11.1. The maximum absolute atomic E-state index is 12.3. The average molecular weight is 255 g/mol. The third-order valence-corrected chi connectivity index (χ3v) is 3.14. The molecule has 0 spiro atoms. The van der Waals surface area contributed by atoms with Crippen LogP contribution in [0.25, 0.3) is 0 Å². The second-order valence-electron chi connectivity index (χ2n) is 4.37. The van der Waals surface area contributed by atoms with Gasteiger partial charge in [-0.1, -0.05) is 18.2 Å². The molecule has 4 heteroatoms. The van der Waals surface area contributed by atoms with Gasteiger partial charge in [-0.3, -0.25) is 4.79 Å². The number of benzene rings is 1. The summed E-state index contributed by atoms with van der Waals surface area (Å²) >= 11 is 0. The fourth-order valence-electron chi connectivity index (χ4n) is 2.11. The molecule has 1 aromatic carbocycles. The van der Waals surface area contributed by atoms with Crippen LogP contribution in [0, 0.1) is 6.92 Å². The molecule has 1 heterocycles. The molecular formula is C13H19ClN2O. The van der Waals surface area contributed by atoms with Crippen LogP contribution in [0.4, 0.5) is 0 Å². The number of aryl methyl sites for hydroxylation is 1. The fourth-order valence-corrected chi connectivity index (χ4v) is 2.11. The molecule has 0 radical (unpaired) electrons. The first-order valence-corrected chi connectivity index (χ1v) is 5.77. The smallest absolute Gasteiger partial charge is 0.254 e. The third kappa shape index (κ3) is 2.99. The molecule has 1 aliphatic heterocycles. The minimum Gasteiger partial charge on any atom is -0.333 e. The van der Waals surface area contributed by atoms with E-state index in [0.717, 1.165) is 30.8 Å². The average Bonchev–Trinajstić information content (AvgIpc) is 2.29. The predicted octanol–water partition coefficient (Wildman–Crippen LogP) is 1.85. The number of amides is 1. The number of nitrogens with zero attached hydrogens (tertiary/aromatic N) is 1. The topological polar surface area (TPSA) is 32.3 Å². The van der Waals surface area contributed by atoms with Crippen LogP contribution in [-0.4, -0.2) is 36.5 Å². The van der Waals surface area contributed by atoms with Crippen molar-refractivity contribution in [3.05, 3.63) is 35.4 Å². The van der Waals surface area contributed by atoms with Gasteiger partial charge in [0.25, 0.3) is 5.91 Å². The van der Waals surface area contributed by atoms with Gasteiger partial charge in [0.1, 0.15) is 0 Å². The van der Waals surface area contributed by atoms with Gasteiger partial charge in [-0.15, -0.1) is 12.4 Å². The highest BCUT2D eigenvalue weighted by atomic mass is 35.5. The van der Waals surface area contributed by atoms with E-state index >= 15 is 0 Å².